The van der Waals surface area contributed by atoms with Crippen LogP contribution in [0.2, 0.25) is 0 Å². The maximum absolute atomic E-state index is 10.3. The summed E-state index contributed by atoms with van der Waals surface area (Å²) in [4.78, 5) is 10.3. The summed E-state index contributed by atoms with van der Waals surface area (Å²) in [7, 11) is 3.30. The lowest BCUT2D eigenvalue weighted by Crippen LogP contribution is -1.98. The van der Waals surface area contributed by atoms with Gasteiger partial charge in [-0.25, -0.2) is 0 Å². The first-order valence-corrected chi connectivity index (χ1v) is 5.38. The van der Waals surface area contributed by atoms with Crippen molar-refractivity contribution in [2.24, 2.45) is 0 Å². The Hall–Kier alpha value is -1.51. The fourth-order valence-electron chi connectivity index (χ4n) is 1.72. The van der Waals surface area contributed by atoms with Gasteiger partial charge in [0.1, 0.15) is 17.8 Å². The van der Waals surface area contributed by atoms with E-state index in [2.05, 4.69) is 0 Å². The highest BCUT2D eigenvalue weighted by Gasteiger charge is 2.10. The van der Waals surface area contributed by atoms with Crippen molar-refractivity contribution in [1.29, 1.82) is 0 Å². The van der Waals surface area contributed by atoms with Crippen molar-refractivity contribution < 1.29 is 14.3 Å². The number of ether oxygens (including phenoxy) is 2. The summed E-state index contributed by atoms with van der Waals surface area (Å²) in [5.41, 5.74) is 2.14. The van der Waals surface area contributed by atoms with Crippen molar-refractivity contribution in [2.75, 3.05) is 14.2 Å². The summed E-state index contributed by atoms with van der Waals surface area (Å²) in [6.07, 6.45) is 3.12. The molecule has 3 heteroatoms. The lowest BCUT2D eigenvalue weighted by atomic mass is 10.0. The molecule has 0 saturated heterocycles. The lowest BCUT2D eigenvalue weighted by molar-refractivity contribution is -0.107. The Morgan fingerprint density at radius 1 is 1.19 bits per heavy atom. The lowest BCUT2D eigenvalue weighted by Gasteiger charge is -2.13. The molecule has 0 aliphatic heterocycles. The van der Waals surface area contributed by atoms with Gasteiger partial charge in [0.2, 0.25) is 0 Å². The second kappa shape index (κ2) is 6.16. The van der Waals surface area contributed by atoms with Crippen molar-refractivity contribution in [3.63, 3.8) is 0 Å². The minimum atomic E-state index is 0.570. The van der Waals surface area contributed by atoms with Gasteiger partial charge in [0, 0.05) is 12.0 Å². The van der Waals surface area contributed by atoms with Crippen molar-refractivity contribution in [3.05, 3.63) is 23.3 Å². The average Bonchev–Trinajstić information content (AvgIpc) is 2.30. The van der Waals surface area contributed by atoms with Gasteiger partial charge in [0.05, 0.1) is 14.2 Å². The highest BCUT2D eigenvalue weighted by molar-refractivity contribution is 5.50. The molecule has 0 heterocycles. The SMILES string of the molecule is COc1cc(C)cc(OC)c1CCCC=O. The van der Waals surface area contributed by atoms with E-state index in [0.717, 1.165) is 41.8 Å². The molecule has 1 rings (SSSR count). The third-order valence-corrected chi connectivity index (χ3v) is 2.50. The molecule has 0 fully saturated rings. The van der Waals surface area contributed by atoms with Crippen LogP contribution in [0.4, 0.5) is 0 Å². The number of rotatable bonds is 6. The van der Waals surface area contributed by atoms with E-state index in [1.54, 1.807) is 14.2 Å². The van der Waals surface area contributed by atoms with Gasteiger partial charge in [0.15, 0.2) is 0 Å². The molecular weight excluding hydrogens is 204 g/mol. The standard InChI is InChI=1S/C13H18O3/c1-10-8-12(15-2)11(6-4-5-7-14)13(9-10)16-3/h7-9H,4-6H2,1-3H3. The Balaban J connectivity index is 2.97. The number of hydrogen-bond donors (Lipinski definition) is 0. The van der Waals surface area contributed by atoms with Gasteiger partial charge in [0.25, 0.3) is 0 Å². The molecule has 0 bridgehead atoms. The van der Waals surface area contributed by atoms with Crippen LogP contribution in [0.1, 0.15) is 24.0 Å². The highest BCUT2D eigenvalue weighted by atomic mass is 16.5. The molecule has 0 spiro atoms. The third-order valence-electron chi connectivity index (χ3n) is 2.50. The molecule has 0 N–H and O–H groups in total. The summed E-state index contributed by atoms with van der Waals surface area (Å²) in [6, 6.07) is 3.97. The zero-order chi connectivity index (χ0) is 12.0. The Bertz CT molecular complexity index is 333. The zero-order valence-electron chi connectivity index (χ0n) is 10.1. The first-order chi connectivity index (χ1) is 7.72. The van der Waals surface area contributed by atoms with E-state index in [4.69, 9.17) is 9.47 Å². The van der Waals surface area contributed by atoms with Crippen LogP contribution in [-0.2, 0) is 11.2 Å². The van der Waals surface area contributed by atoms with Crippen LogP contribution in [0.5, 0.6) is 11.5 Å². The van der Waals surface area contributed by atoms with Gasteiger partial charge in [-0.3, -0.25) is 0 Å². The van der Waals surface area contributed by atoms with Crippen LogP contribution in [0.15, 0.2) is 12.1 Å². The van der Waals surface area contributed by atoms with Gasteiger partial charge in [-0.05, 0) is 37.5 Å². The molecular formula is C13H18O3. The van der Waals surface area contributed by atoms with Crippen LogP contribution in [-0.4, -0.2) is 20.5 Å². The van der Waals surface area contributed by atoms with Crippen LogP contribution in [0, 0.1) is 6.92 Å². The van der Waals surface area contributed by atoms with Crippen LogP contribution >= 0.6 is 0 Å². The fraction of sp³-hybridized carbons (Fsp3) is 0.462. The molecule has 3 nitrogen and oxygen atoms in total. The summed E-state index contributed by atoms with van der Waals surface area (Å²) >= 11 is 0. The molecule has 0 atom stereocenters. The smallest absolute Gasteiger partial charge is 0.126 e. The average molecular weight is 222 g/mol. The predicted octanol–water partition coefficient (Wildman–Crippen LogP) is 2.53. The quantitative estimate of drug-likeness (QED) is 0.548. The predicted molar refractivity (Wildman–Crippen MR) is 63.3 cm³/mol. The maximum Gasteiger partial charge on any atom is 0.126 e. The Morgan fingerprint density at radius 3 is 2.19 bits per heavy atom. The van der Waals surface area contributed by atoms with Gasteiger partial charge in [-0.15, -0.1) is 0 Å². The fourth-order valence-corrected chi connectivity index (χ4v) is 1.72. The molecule has 1 aromatic carbocycles. The van der Waals surface area contributed by atoms with E-state index >= 15 is 0 Å². The monoisotopic (exact) mass is 222 g/mol. The largest absolute Gasteiger partial charge is 0.496 e. The number of aldehydes is 1. The topological polar surface area (TPSA) is 35.5 Å². The maximum atomic E-state index is 10.3. The number of methoxy groups -OCH3 is 2. The minimum Gasteiger partial charge on any atom is -0.496 e. The number of aryl methyl sites for hydroxylation is 1. The van der Waals surface area contributed by atoms with Crippen LogP contribution in [0.3, 0.4) is 0 Å². The Labute approximate surface area is 96.4 Å². The molecule has 0 unspecified atom stereocenters. The van der Waals surface area contributed by atoms with E-state index in [9.17, 15) is 4.79 Å². The molecule has 0 amide bonds. The van der Waals surface area contributed by atoms with E-state index in [1.807, 2.05) is 19.1 Å². The molecule has 0 aromatic heterocycles. The minimum absolute atomic E-state index is 0.570. The zero-order valence-corrected chi connectivity index (χ0v) is 10.1. The number of unbranched alkanes of at least 4 members (excludes halogenated alkanes) is 1. The van der Waals surface area contributed by atoms with Crippen LogP contribution < -0.4 is 9.47 Å². The molecule has 0 radical (unpaired) electrons. The number of hydrogen-bond acceptors (Lipinski definition) is 3. The van der Waals surface area contributed by atoms with Gasteiger partial charge >= 0.3 is 0 Å². The first-order valence-electron chi connectivity index (χ1n) is 5.38. The first kappa shape index (κ1) is 12.6. The van der Waals surface area contributed by atoms with Gasteiger partial charge < -0.3 is 14.3 Å². The summed E-state index contributed by atoms with van der Waals surface area (Å²) in [5, 5.41) is 0. The summed E-state index contributed by atoms with van der Waals surface area (Å²) in [6.45, 7) is 2.00. The van der Waals surface area contributed by atoms with Gasteiger partial charge in [-0.2, -0.15) is 0 Å². The second-order valence-electron chi connectivity index (χ2n) is 3.71. The van der Waals surface area contributed by atoms with E-state index in [-0.39, 0.29) is 0 Å². The molecule has 0 saturated carbocycles. The molecule has 1 aromatic rings. The molecule has 16 heavy (non-hydrogen) atoms. The number of benzene rings is 1. The van der Waals surface area contributed by atoms with Crippen molar-refractivity contribution in [1.82, 2.24) is 0 Å². The van der Waals surface area contributed by atoms with E-state index < -0.39 is 0 Å². The van der Waals surface area contributed by atoms with Crippen molar-refractivity contribution in [3.8, 4) is 11.5 Å². The molecule has 0 aliphatic rings. The number of carbonyl (C=O) groups is 1. The van der Waals surface area contributed by atoms with E-state index in [0.29, 0.717) is 6.42 Å². The second-order valence-corrected chi connectivity index (χ2v) is 3.71. The normalized spacial score (nSPS) is 9.94. The Kier molecular flexibility index (Phi) is 4.83. The highest BCUT2D eigenvalue weighted by Crippen LogP contribution is 2.31. The van der Waals surface area contributed by atoms with Crippen molar-refractivity contribution >= 4 is 6.29 Å². The molecule has 0 aliphatic carbocycles. The molecule has 88 valence electrons. The Morgan fingerprint density at radius 2 is 1.75 bits per heavy atom. The summed E-state index contributed by atoms with van der Waals surface area (Å²) < 4.78 is 10.7. The van der Waals surface area contributed by atoms with E-state index in [1.165, 1.54) is 0 Å². The van der Waals surface area contributed by atoms with Crippen molar-refractivity contribution in [2.45, 2.75) is 26.2 Å². The third kappa shape index (κ3) is 2.99. The van der Waals surface area contributed by atoms with Crippen LogP contribution in [0.25, 0.3) is 0 Å². The van der Waals surface area contributed by atoms with Gasteiger partial charge in [-0.1, -0.05) is 0 Å². The summed E-state index contributed by atoms with van der Waals surface area (Å²) in [5.74, 6) is 1.67. The number of carbonyl (C=O) groups excluding carboxylic acids is 1.